The molecule has 28 heavy (non-hydrogen) atoms. The number of benzene rings is 2. The average Bonchev–Trinajstić information content (AvgIpc) is 2.74. The molecule has 0 spiro atoms. The van der Waals surface area contributed by atoms with Gasteiger partial charge >= 0.3 is 0 Å². The third-order valence-electron chi connectivity index (χ3n) is 5.14. The number of hydrogen-bond acceptors (Lipinski definition) is 4. The highest BCUT2D eigenvalue weighted by atomic mass is 16.2. The summed E-state index contributed by atoms with van der Waals surface area (Å²) in [7, 11) is 0. The maximum atomic E-state index is 13.0. The highest BCUT2D eigenvalue weighted by molar-refractivity contribution is 6.01. The maximum Gasteiger partial charge on any atom is 0.271 e. The van der Waals surface area contributed by atoms with E-state index in [0.717, 1.165) is 24.3 Å². The summed E-state index contributed by atoms with van der Waals surface area (Å²) < 4.78 is 0. The number of nitrogens with one attached hydrogen (secondary N) is 1. The molecule has 2 aliphatic heterocycles. The number of hydrogen-bond donors (Lipinski definition) is 1. The highest BCUT2D eigenvalue weighted by Crippen LogP contribution is 2.21. The summed E-state index contributed by atoms with van der Waals surface area (Å²) in [5.41, 5.74) is 6.48. The fourth-order valence-corrected chi connectivity index (χ4v) is 3.60. The van der Waals surface area contributed by atoms with E-state index in [2.05, 4.69) is 22.5 Å². The monoisotopic (exact) mass is 376 g/mol. The molecular formula is C22H24N4O2. The van der Waals surface area contributed by atoms with Crippen LogP contribution >= 0.6 is 0 Å². The van der Waals surface area contributed by atoms with Crippen LogP contribution in [-0.4, -0.2) is 42.9 Å². The van der Waals surface area contributed by atoms with Crippen LogP contribution in [0.4, 0.5) is 11.4 Å². The van der Waals surface area contributed by atoms with Gasteiger partial charge in [-0.05, 0) is 42.8 Å². The summed E-state index contributed by atoms with van der Waals surface area (Å²) in [5, 5.41) is 1.47. The van der Waals surface area contributed by atoms with E-state index < -0.39 is 0 Å². The molecule has 0 radical (unpaired) electrons. The Morgan fingerprint density at radius 1 is 0.929 bits per heavy atom. The lowest BCUT2D eigenvalue weighted by molar-refractivity contribution is -0.128. The Labute approximate surface area is 165 Å². The van der Waals surface area contributed by atoms with E-state index >= 15 is 0 Å². The van der Waals surface area contributed by atoms with Crippen molar-refractivity contribution in [2.75, 3.05) is 36.1 Å². The van der Waals surface area contributed by atoms with Gasteiger partial charge in [-0.3, -0.25) is 15.0 Å². The largest absolute Gasteiger partial charge is 0.368 e. The quantitative estimate of drug-likeness (QED) is 0.894. The Morgan fingerprint density at radius 3 is 2.36 bits per heavy atom. The molecule has 2 amide bonds. The van der Waals surface area contributed by atoms with E-state index in [1.165, 1.54) is 10.7 Å². The van der Waals surface area contributed by atoms with Gasteiger partial charge in [-0.2, -0.15) is 0 Å². The Hall–Kier alpha value is -3.28. The molecule has 144 valence electrons. The van der Waals surface area contributed by atoms with Gasteiger partial charge in [0.15, 0.2) is 0 Å². The van der Waals surface area contributed by atoms with Crippen molar-refractivity contribution in [2.45, 2.75) is 13.3 Å². The molecule has 0 aromatic heterocycles. The molecule has 2 aromatic rings. The second-order valence-corrected chi connectivity index (χ2v) is 7.12. The third-order valence-corrected chi connectivity index (χ3v) is 5.14. The van der Waals surface area contributed by atoms with Gasteiger partial charge in [0.2, 0.25) is 5.91 Å². The van der Waals surface area contributed by atoms with E-state index in [1.54, 1.807) is 6.08 Å². The van der Waals surface area contributed by atoms with Gasteiger partial charge < -0.3 is 9.80 Å². The second-order valence-electron chi connectivity index (χ2n) is 7.12. The number of anilines is 2. The molecular weight excluding hydrogens is 352 g/mol. The molecule has 1 N–H and O–H groups in total. The lowest BCUT2D eigenvalue weighted by Gasteiger charge is -2.37. The molecule has 2 aliphatic rings. The van der Waals surface area contributed by atoms with Gasteiger partial charge in [-0.15, -0.1) is 0 Å². The molecule has 0 atom stereocenters. The summed E-state index contributed by atoms with van der Waals surface area (Å²) in [6.45, 7) is 4.88. The third kappa shape index (κ3) is 3.71. The molecule has 6 nitrogen and oxygen atoms in total. The first-order valence-corrected chi connectivity index (χ1v) is 9.57. The Balaban J connectivity index is 1.42. The lowest BCUT2D eigenvalue weighted by atomic mass is 10.2. The number of amides is 2. The van der Waals surface area contributed by atoms with Crippen LogP contribution in [0.2, 0.25) is 0 Å². The van der Waals surface area contributed by atoms with Crippen molar-refractivity contribution in [3.8, 4) is 0 Å². The van der Waals surface area contributed by atoms with Crippen LogP contribution in [0.3, 0.4) is 0 Å². The number of para-hydroxylation sites is 1. The number of hydrazine groups is 1. The van der Waals surface area contributed by atoms with Crippen molar-refractivity contribution in [3.63, 3.8) is 0 Å². The minimum Gasteiger partial charge on any atom is -0.368 e. The van der Waals surface area contributed by atoms with Crippen molar-refractivity contribution in [1.29, 1.82) is 0 Å². The van der Waals surface area contributed by atoms with Crippen molar-refractivity contribution in [1.82, 2.24) is 10.3 Å². The molecule has 0 aliphatic carbocycles. The maximum absolute atomic E-state index is 13.0. The van der Waals surface area contributed by atoms with Gasteiger partial charge in [0.05, 0.1) is 5.69 Å². The summed E-state index contributed by atoms with van der Waals surface area (Å²) in [6.07, 6.45) is 1.91. The van der Waals surface area contributed by atoms with Crippen molar-refractivity contribution in [2.24, 2.45) is 0 Å². The van der Waals surface area contributed by atoms with Crippen LogP contribution < -0.4 is 15.3 Å². The van der Waals surface area contributed by atoms with Crippen LogP contribution in [0.15, 0.2) is 66.4 Å². The van der Waals surface area contributed by atoms with Gasteiger partial charge in [0.1, 0.15) is 5.70 Å². The average molecular weight is 376 g/mol. The number of rotatable bonds is 3. The molecule has 4 rings (SSSR count). The van der Waals surface area contributed by atoms with E-state index in [4.69, 9.17) is 0 Å². The number of nitrogens with zero attached hydrogens (tertiary/aromatic N) is 3. The predicted molar refractivity (Wildman–Crippen MR) is 110 cm³/mol. The van der Waals surface area contributed by atoms with Crippen molar-refractivity contribution < 1.29 is 9.59 Å². The number of piperazine rings is 1. The fourth-order valence-electron chi connectivity index (χ4n) is 3.60. The molecule has 2 aromatic carbocycles. The lowest BCUT2D eigenvalue weighted by Crippen LogP contribution is -2.53. The summed E-state index contributed by atoms with van der Waals surface area (Å²) >= 11 is 0. The Kier molecular flexibility index (Phi) is 5.02. The minimum absolute atomic E-state index is 0.0575. The first kappa shape index (κ1) is 18.1. The first-order chi connectivity index (χ1) is 13.6. The minimum atomic E-state index is -0.0731. The highest BCUT2D eigenvalue weighted by Gasteiger charge is 2.29. The topological polar surface area (TPSA) is 55.9 Å². The van der Waals surface area contributed by atoms with Crippen molar-refractivity contribution in [3.05, 3.63) is 71.9 Å². The van der Waals surface area contributed by atoms with E-state index in [-0.39, 0.29) is 18.2 Å². The zero-order chi connectivity index (χ0) is 19.5. The van der Waals surface area contributed by atoms with Crippen LogP contribution in [0.1, 0.15) is 12.0 Å². The molecule has 1 fully saturated rings. The zero-order valence-corrected chi connectivity index (χ0v) is 16.0. The van der Waals surface area contributed by atoms with Crippen LogP contribution in [0.5, 0.6) is 0 Å². The van der Waals surface area contributed by atoms with Crippen molar-refractivity contribution >= 4 is 23.2 Å². The number of carbonyl (C=O) groups excluding carboxylic acids is 2. The summed E-state index contributed by atoms with van der Waals surface area (Å²) in [6, 6.07) is 17.9. The zero-order valence-electron chi connectivity index (χ0n) is 16.0. The standard InChI is InChI=1S/C22H24N4O2/c1-17-6-5-9-19(16-17)26-21(27)11-10-20(23-26)22(28)25-14-12-24(13-15-25)18-7-3-2-4-8-18/h2-10,16,23H,11-15H2,1H3. The second kappa shape index (κ2) is 7.76. The smallest absolute Gasteiger partial charge is 0.271 e. The molecule has 1 saturated heterocycles. The molecule has 6 heteroatoms. The van der Waals surface area contributed by atoms with Gasteiger partial charge in [-0.25, -0.2) is 5.01 Å². The number of carbonyl (C=O) groups is 2. The Bertz CT molecular complexity index is 902. The SMILES string of the molecule is Cc1cccc(N2NC(C(=O)N3CCN(c4ccccc4)CC3)=CCC2=O)c1. The van der Waals surface area contributed by atoms with E-state index in [9.17, 15) is 9.59 Å². The molecule has 0 bridgehead atoms. The molecule has 0 saturated carbocycles. The van der Waals surface area contributed by atoms with E-state index in [0.29, 0.717) is 18.8 Å². The molecule has 2 heterocycles. The van der Waals surface area contributed by atoms with Gasteiger partial charge in [-0.1, -0.05) is 30.3 Å². The molecule has 0 unspecified atom stereocenters. The van der Waals surface area contributed by atoms with Crippen LogP contribution in [0.25, 0.3) is 0 Å². The first-order valence-electron chi connectivity index (χ1n) is 9.57. The van der Waals surface area contributed by atoms with Crippen LogP contribution in [-0.2, 0) is 9.59 Å². The summed E-state index contributed by atoms with van der Waals surface area (Å²) in [4.78, 5) is 29.5. The van der Waals surface area contributed by atoms with Crippen LogP contribution in [0, 0.1) is 6.92 Å². The normalized spacial score (nSPS) is 17.2. The van der Waals surface area contributed by atoms with Gasteiger partial charge in [0.25, 0.3) is 5.91 Å². The summed E-state index contributed by atoms with van der Waals surface area (Å²) in [5.74, 6) is -0.131. The Morgan fingerprint density at radius 2 is 1.64 bits per heavy atom. The predicted octanol–water partition coefficient (Wildman–Crippen LogP) is 2.47. The van der Waals surface area contributed by atoms with E-state index in [1.807, 2.05) is 54.3 Å². The van der Waals surface area contributed by atoms with Gasteiger partial charge in [0, 0.05) is 38.3 Å². The fraction of sp³-hybridized carbons (Fsp3) is 0.273. The number of aryl methyl sites for hydroxylation is 1.